The minimum Gasteiger partial charge on any atom is -0.355 e. The quantitative estimate of drug-likeness (QED) is 0.897. The first-order valence-corrected chi connectivity index (χ1v) is 9.85. The fraction of sp³-hybridized carbons (Fsp3) is 0.650. The van der Waals surface area contributed by atoms with Crippen LogP contribution in [0.4, 0.5) is 5.82 Å². The van der Waals surface area contributed by atoms with Crippen molar-refractivity contribution in [1.29, 1.82) is 0 Å². The molecule has 3 aliphatic rings. The molecular formula is C20H28N4O2. The van der Waals surface area contributed by atoms with Crippen LogP contribution in [-0.4, -0.2) is 54.9 Å². The van der Waals surface area contributed by atoms with Crippen LogP contribution in [0.1, 0.15) is 49.0 Å². The largest absolute Gasteiger partial charge is 0.355 e. The van der Waals surface area contributed by atoms with Crippen molar-refractivity contribution in [2.45, 2.75) is 38.5 Å². The Labute approximate surface area is 155 Å². The van der Waals surface area contributed by atoms with Gasteiger partial charge in [-0.25, -0.2) is 4.98 Å². The van der Waals surface area contributed by atoms with E-state index < -0.39 is 0 Å². The molecule has 6 nitrogen and oxygen atoms in total. The maximum absolute atomic E-state index is 13.2. The van der Waals surface area contributed by atoms with Gasteiger partial charge in [0.2, 0.25) is 5.91 Å². The number of carbonyl (C=O) groups is 2. The number of hydrogen-bond acceptors (Lipinski definition) is 4. The summed E-state index contributed by atoms with van der Waals surface area (Å²) in [5.74, 6) is 1.69. The molecule has 0 unspecified atom stereocenters. The van der Waals surface area contributed by atoms with Gasteiger partial charge in [0.25, 0.3) is 5.91 Å². The van der Waals surface area contributed by atoms with Crippen molar-refractivity contribution in [2.75, 3.05) is 38.1 Å². The van der Waals surface area contributed by atoms with Gasteiger partial charge < -0.3 is 15.1 Å². The zero-order chi connectivity index (χ0) is 18.1. The van der Waals surface area contributed by atoms with E-state index in [1.807, 2.05) is 12.1 Å². The second kappa shape index (κ2) is 6.89. The standard InChI is InChI=1S/C20H28N4O2/c1-21-18(25)16-7-3-8-17(22-16)24-12-10-20(14-24)9-4-11-23(19(20)26)13-15-5-2-6-15/h3,7-8,15H,2,4-6,9-14H2,1H3,(H,21,25)/t20-/m1/s1. The van der Waals surface area contributed by atoms with Gasteiger partial charge in [-0.05, 0) is 50.2 Å². The van der Waals surface area contributed by atoms with Crippen LogP contribution in [-0.2, 0) is 4.79 Å². The maximum Gasteiger partial charge on any atom is 0.269 e. The number of nitrogens with zero attached hydrogens (tertiary/aromatic N) is 3. The summed E-state index contributed by atoms with van der Waals surface area (Å²) < 4.78 is 0. The minimum atomic E-state index is -0.257. The molecule has 1 N–H and O–H groups in total. The summed E-state index contributed by atoms with van der Waals surface area (Å²) in [4.78, 5) is 33.9. The molecule has 1 aromatic heterocycles. The third-order valence-corrected chi connectivity index (χ3v) is 6.40. The fourth-order valence-corrected chi connectivity index (χ4v) is 4.61. The molecule has 1 aliphatic carbocycles. The number of likely N-dealkylation sites (tertiary alicyclic amines) is 1. The van der Waals surface area contributed by atoms with Gasteiger partial charge >= 0.3 is 0 Å². The normalized spacial score (nSPS) is 26.3. The van der Waals surface area contributed by atoms with Crippen LogP contribution in [0.2, 0.25) is 0 Å². The molecule has 3 fully saturated rings. The SMILES string of the molecule is CNC(=O)c1cccc(N2CC[C@]3(CCCN(CC4CCC4)C3=O)C2)n1. The van der Waals surface area contributed by atoms with E-state index in [-0.39, 0.29) is 11.3 Å². The van der Waals surface area contributed by atoms with Crippen molar-refractivity contribution in [1.82, 2.24) is 15.2 Å². The number of carbonyl (C=O) groups excluding carboxylic acids is 2. The lowest BCUT2D eigenvalue weighted by atomic mass is 9.77. The molecule has 140 valence electrons. The highest BCUT2D eigenvalue weighted by atomic mass is 16.2. The predicted molar refractivity (Wildman–Crippen MR) is 100 cm³/mol. The molecule has 4 rings (SSSR count). The molecule has 26 heavy (non-hydrogen) atoms. The molecule has 2 aliphatic heterocycles. The molecule has 3 heterocycles. The van der Waals surface area contributed by atoms with Crippen LogP contribution in [0, 0.1) is 11.3 Å². The van der Waals surface area contributed by atoms with Gasteiger partial charge in [0.15, 0.2) is 0 Å². The minimum absolute atomic E-state index is 0.179. The smallest absolute Gasteiger partial charge is 0.269 e. The number of aromatic nitrogens is 1. The summed E-state index contributed by atoms with van der Waals surface area (Å²) >= 11 is 0. The first-order valence-electron chi connectivity index (χ1n) is 9.85. The van der Waals surface area contributed by atoms with Crippen molar-refractivity contribution in [3.63, 3.8) is 0 Å². The molecule has 6 heteroatoms. The molecule has 2 saturated heterocycles. The van der Waals surface area contributed by atoms with E-state index in [1.165, 1.54) is 19.3 Å². The molecule has 0 bridgehead atoms. The van der Waals surface area contributed by atoms with Crippen LogP contribution in [0.15, 0.2) is 18.2 Å². The maximum atomic E-state index is 13.2. The second-order valence-corrected chi connectivity index (χ2v) is 8.06. The predicted octanol–water partition coefficient (Wildman–Crippen LogP) is 2.06. The molecule has 2 amide bonds. The molecule has 0 aromatic carbocycles. The summed E-state index contributed by atoms with van der Waals surface area (Å²) in [6.07, 6.45) is 6.83. The Kier molecular flexibility index (Phi) is 4.59. The first-order chi connectivity index (χ1) is 12.6. The Morgan fingerprint density at radius 2 is 2.12 bits per heavy atom. The molecule has 0 radical (unpaired) electrons. The van der Waals surface area contributed by atoms with Crippen LogP contribution >= 0.6 is 0 Å². The first kappa shape index (κ1) is 17.3. The molecule has 1 aromatic rings. The third kappa shape index (κ3) is 3.06. The van der Waals surface area contributed by atoms with E-state index in [4.69, 9.17) is 0 Å². The van der Waals surface area contributed by atoms with Crippen LogP contribution in [0.5, 0.6) is 0 Å². The van der Waals surface area contributed by atoms with Gasteiger partial charge in [-0.2, -0.15) is 0 Å². The monoisotopic (exact) mass is 356 g/mol. The summed E-state index contributed by atoms with van der Waals surface area (Å²) in [5.41, 5.74) is 0.166. The zero-order valence-electron chi connectivity index (χ0n) is 15.5. The van der Waals surface area contributed by atoms with Crippen molar-refractivity contribution in [3.8, 4) is 0 Å². The van der Waals surface area contributed by atoms with Crippen molar-refractivity contribution < 1.29 is 9.59 Å². The summed E-state index contributed by atoms with van der Waals surface area (Å²) in [6.45, 7) is 3.41. The highest BCUT2D eigenvalue weighted by molar-refractivity contribution is 5.92. The lowest BCUT2D eigenvalue weighted by Gasteiger charge is -2.42. The van der Waals surface area contributed by atoms with Gasteiger partial charge in [0.05, 0.1) is 5.41 Å². The average molecular weight is 356 g/mol. The Balaban J connectivity index is 1.48. The van der Waals surface area contributed by atoms with Crippen molar-refractivity contribution in [3.05, 3.63) is 23.9 Å². The Morgan fingerprint density at radius 3 is 2.85 bits per heavy atom. The summed E-state index contributed by atoms with van der Waals surface area (Å²) in [7, 11) is 1.61. The molecule has 1 saturated carbocycles. The third-order valence-electron chi connectivity index (χ3n) is 6.40. The molecular weight excluding hydrogens is 328 g/mol. The van der Waals surface area contributed by atoms with Crippen molar-refractivity contribution in [2.24, 2.45) is 11.3 Å². The van der Waals surface area contributed by atoms with Gasteiger partial charge in [-0.15, -0.1) is 0 Å². The van der Waals surface area contributed by atoms with E-state index in [1.54, 1.807) is 13.1 Å². The molecule has 1 spiro atoms. The Hall–Kier alpha value is -2.11. The van der Waals surface area contributed by atoms with Gasteiger partial charge in [-0.1, -0.05) is 12.5 Å². The van der Waals surface area contributed by atoms with Crippen LogP contribution in [0.3, 0.4) is 0 Å². The van der Waals surface area contributed by atoms with E-state index in [0.717, 1.165) is 57.2 Å². The number of hydrogen-bond donors (Lipinski definition) is 1. The lowest BCUT2D eigenvalue weighted by Crippen LogP contribution is -2.51. The van der Waals surface area contributed by atoms with Crippen LogP contribution < -0.4 is 10.2 Å². The number of anilines is 1. The highest BCUT2D eigenvalue weighted by Crippen LogP contribution is 2.42. The number of pyridine rings is 1. The van der Waals surface area contributed by atoms with Gasteiger partial charge in [0.1, 0.15) is 11.5 Å². The van der Waals surface area contributed by atoms with E-state index in [9.17, 15) is 9.59 Å². The fourth-order valence-electron chi connectivity index (χ4n) is 4.61. The number of rotatable bonds is 4. The van der Waals surface area contributed by atoms with Crippen LogP contribution in [0.25, 0.3) is 0 Å². The van der Waals surface area contributed by atoms with E-state index >= 15 is 0 Å². The zero-order valence-corrected chi connectivity index (χ0v) is 15.5. The van der Waals surface area contributed by atoms with Gasteiger partial charge in [0, 0.05) is 33.2 Å². The van der Waals surface area contributed by atoms with Crippen molar-refractivity contribution >= 4 is 17.6 Å². The molecule has 1 atom stereocenters. The van der Waals surface area contributed by atoms with E-state index in [0.29, 0.717) is 11.6 Å². The second-order valence-electron chi connectivity index (χ2n) is 8.06. The number of amides is 2. The van der Waals surface area contributed by atoms with E-state index in [2.05, 4.69) is 20.1 Å². The van der Waals surface area contributed by atoms with Gasteiger partial charge in [-0.3, -0.25) is 9.59 Å². The highest BCUT2D eigenvalue weighted by Gasteiger charge is 2.49. The Bertz CT molecular complexity index is 703. The topological polar surface area (TPSA) is 65.5 Å². The summed E-state index contributed by atoms with van der Waals surface area (Å²) in [5, 5.41) is 2.62. The Morgan fingerprint density at radius 1 is 1.27 bits per heavy atom. The lowest BCUT2D eigenvalue weighted by molar-refractivity contribution is -0.146. The summed E-state index contributed by atoms with van der Waals surface area (Å²) in [6, 6.07) is 5.52. The number of piperidine rings is 1. The number of nitrogens with one attached hydrogen (secondary N) is 1. The average Bonchev–Trinajstić information content (AvgIpc) is 3.06.